The number of hydrogen-bond donors (Lipinski definition) is 1. The van der Waals surface area contributed by atoms with Crippen LogP contribution in [-0.4, -0.2) is 26.6 Å². The number of halogens is 1. The molecular formula is C23H20BrN5O2. The molecule has 4 aromatic rings. The van der Waals surface area contributed by atoms with Crippen LogP contribution in [0.1, 0.15) is 22.8 Å². The van der Waals surface area contributed by atoms with Crippen LogP contribution in [0.3, 0.4) is 0 Å². The van der Waals surface area contributed by atoms with Crippen LogP contribution in [0.2, 0.25) is 0 Å². The van der Waals surface area contributed by atoms with Gasteiger partial charge >= 0.3 is 0 Å². The summed E-state index contributed by atoms with van der Waals surface area (Å²) < 4.78 is 8.50. The summed E-state index contributed by atoms with van der Waals surface area (Å²) in [5.41, 5.74) is 6.54. The largest absolute Gasteiger partial charge is 0.489 e. The number of aromatic nitrogens is 3. The molecule has 8 heteroatoms. The molecule has 0 bridgehead atoms. The first-order valence-corrected chi connectivity index (χ1v) is 10.5. The minimum absolute atomic E-state index is 0.275. The highest BCUT2D eigenvalue weighted by Gasteiger charge is 2.07. The zero-order valence-corrected chi connectivity index (χ0v) is 18.4. The molecule has 0 fully saturated rings. The maximum Gasteiger partial charge on any atom is 0.271 e. The van der Waals surface area contributed by atoms with Crippen LogP contribution in [-0.2, 0) is 13.2 Å². The Morgan fingerprint density at radius 1 is 1.06 bits per heavy atom. The van der Waals surface area contributed by atoms with E-state index in [9.17, 15) is 4.79 Å². The van der Waals surface area contributed by atoms with E-state index in [1.165, 1.54) is 0 Å². The lowest BCUT2D eigenvalue weighted by Crippen LogP contribution is -2.20. The number of benzene rings is 3. The van der Waals surface area contributed by atoms with E-state index in [1.807, 2.05) is 67.6 Å². The van der Waals surface area contributed by atoms with Crippen LogP contribution in [0.15, 0.2) is 82.4 Å². The SMILES string of the molecule is C/C(Cn1nnc2ccccc21)=N\NC(=O)c1ccc(COc2ccc(Br)cc2)cc1. The second kappa shape index (κ2) is 9.53. The van der Waals surface area contributed by atoms with E-state index in [4.69, 9.17) is 4.74 Å². The third kappa shape index (κ3) is 5.35. The van der Waals surface area contributed by atoms with E-state index in [0.29, 0.717) is 24.4 Å². The zero-order valence-electron chi connectivity index (χ0n) is 16.8. The van der Waals surface area contributed by atoms with Crippen molar-refractivity contribution >= 4 is 38.6 Å². The lowest BCUT2D eigenvalue weighted by Gasteiger charge is -2.07. The molecule has 31 heavy (non-hydrogen) atoms. The van der Waals surface area contributed by atoms with Gasteiger partial charge in [0.25, 0.3) is 5.91 Å². The van der Waals surface area contributed by atoms with Gasteiger partial charge in [-0.15, -0.1) is 5.10 Å². The molecule has 0 aliphatic carbocycles. The first kappa shape index (κ1) is 20.7. The van der Waals surface area contributed by atoms with Gasteiger partial charge in [0.1, 0.15) is 17.9 Å². The Morgan fingerprint density at radius 3 is 2.58 bits per heavy atom. The van der Waals surface area contributed by atoms with Crippen molar-refractivity contribution in [1.82, 2.24) is 20.4 Å². The molecule has 1 heterocycles. The maximum absolute atomic E-state index is 12.4. The highest BCUT2D eigenvalue weighted by atomic mass is 79.9. The molecule has 0 radical (unpaired) electrons. The third-order valence-electron chi connectivity index (χ3n) is 4.58. The fourth-order valence-corrected chi connectivity index (χ4v) is 3.21. The molecule has 1 N–H and O–H groups in total. The quantitative estimate of drug-likeness (QED) is 0.312. The molecule has 1 aromatic heterocycles. The van der Waals surface area contributed by atoms with Crippen LogP contribution >= 0.6 is 15.9 Å². The van der Waals surface area contributed by atoms with Gasteiger partial charge in [0.15, 0.2) is 0 Å². The van der Waals surface area contributed by atoms with E-state index in [0.717, 1.165) is 26.8 Å². The first-order chi connectivity index (χ1) is 15.1. The van der Waals surface area contributed by atoms with Gasteiger partial charge in [0.2, 0.25) is 0 Å². The summed E-state index contributed by atoms with van der Waals surface area (Å²) in [5.74, 6) is 0.512. The van der Waals surface area contributed by atoms with Crippen LogP contribution in [0.25, 0.3) is 11.0 Å². The first-order valence-electron chi connectivity index (χ1n) is 9.67. The number of nitrogens with one attached hydrogen (secondary N) is 1. The van der Waals surface area contributed by atoms with Gasteiger partial charge in [0, 0.05) is 10.0 Å². The van der Waals surface area contributed by atoms with Gasteiger partial charge in [0.05, 0.1) is 17.8 Å². The smallest absolute Gasteiger partial charge is 0.271 e. The van der Waals surface area contributed by atoms with E-state index < -0.39 is 0 Å². The van der Waals surface area contributed by atoms with Crippen molar-refractivity contribution in [1.29, 1.82) is 0 Å². The molecule has 0 unspecified atom stereocenters. The Labute approximate surface area is 187 Å². The van der Waals surface area contributed by atoms with Crippen molar-refractivity contribution in [3.63, 3.8) is 0 Å². The fourth-order valence-electron chi connectivity index (χ4n) is 2.95. The number of hydrogen-bond acceptors (Lipinski definition) is 5. The lowest BCUT2D eigenvalue weighted by molar-refractivity contribution is 0.0954. The molecule has 0 atom stereocenters. The van der Waals surface area contributed by atoms with Gasteiger partial charge in [-0.25, -0.2) is 10.1 Å². The average molecular weight is 478 g/mol. The highest BCUT2D eigenvalue weighted by molar-refractivity contribution is 9.10. The van der Waals surface area contributed by atoms with Crippen molar-refractivity contribution in [3.8, 4) is 5.75 Å². The number of amides is 1. The lowest BCUT2D eigenvalue weighted by atomic mass is 10.1. The topological polar surface area (TPSA) is 81.4 Å². The van der Waals surface area contributed by atoms with Gasteiger partial charge < -0.3 is 4.74 Å². The molecule has 1 amide bonds. The molecule has 7 nitrogen and oxygen atoms in total. The second-order valence-corrected chi connectivity index (χ2v) is 7.88. The molecule has 0 spiro atoms. The standard InChI is InChI=1S/C23H20BrN5O2/c1-16(14-29-22-5-3-2-4-21(22)26-28-29)25-27-23(30)18-8-6-17(7-9-18)15-31-20-12-10-19(24)11-13-20/h2-13H,14-15H2,1H3,(H,27,30)/b25-16+. The number of fused-ring (bicyclic) bond motifs is 1. The fraction of sp³-hybridized carbons (Fsp3) is 0.130. The zero-order chi connectivity index (χ0) is 21.6. The molecule has 4 rings (SSSR count). The van der Waals surface area contributed by atoms with E-state index in [1.54, 1.807) is 16.8 Å². The Balaban J connectivity index is 1.32. The molecule has 156 valence electrons. The van der Waals surface area contributed by atoms with Crippen molar-refractivity contribution in [2.75, 3.05) is 0 Å². The van der Waals surface area contributed by atoms with Gasteiger partial charge in [-0.2, -0.15) is 5.10 Å². The monoisotopic (exact) mass is 477 g/mol. The van der Waals surface area contributed by atoms with Gasteiger partial charge in [-0.05, 0) is 61.0 Å². The van der Waals surface area contributed by atoms with Crippen LogP contribution in [0, 0.1) is 0 Å². The van der Waals surface area contributed by atoms with E-state index in [2.05, 4.69) is 36.8 Å². The Morgan fingerprint density at radius 2 is 1.81 bits per heavy atom. The Hall–Kier alpha value is -3.52. The molecule has 0 aliphatic rings. The summed E-state index contributed by atoms with van der Waals surface area (Å²) in [7, 11) is 0. The summed E-state index contributed by atoms with van der Waals surface area (Å²) in [4.78, 5) is 12.4. The van der Waals surface area contributed by atoms with E-state index >= 15 is 0 Å². The Kier molecular flexibility index (Phi) is 6.37. The van der Waals surface area contributed by atoms with Crippen LogP contribution < -0.4 is 10.2 Å². The summed E-state index contributed by atoms with van der Waals surface area (Å²) in [5, 5.41) is 12.4. The predicted molar refractivity (Wildman–Crippen MR) is 123 cm³/mol. The molecule has 0 saturated heterocycles. The van der Waals surface area contributed by atoms with Gasteiger partial charge in [-0.1, -0.05) is 45.4 Å². The second-order valence-electron chi connectivity index (χ2n) is 6.96. The van der Waals surface area contributed by atoms with Crippen LogP contribution in [0.4, 0.5) is 0 Å². The number of carbonyl (C=O) groups excluding carboxylic acids is 1. The minimum Gasteiger partial charge on any atom is -0.489 e. The van der Waals surface area contributed by atoms with Gasteiger partial charge in [-0.3, -0.25) is 4.79 Å². The van der Waals surface area contributed by atoms with Crippen molar-refractivity contribution in [2.45, 2.75) is 20.1 Å². The number of para-hydroxylation sites is 1. The molecule has 0 saturated carbocycles. The summed E-state index contributed by atoms with van der Waals surface area (Å²) in [6.45, 7) is 2.69. The highest BCUT2D eigenvalue weighted by Crippen LogP contribution is 2.17. The Bertz CT molecular complexity index is 1220. The number of ether oxygens (including phenoxy) is 1. The number of nitrogens with zero attached hydrogens (tertiary/aromatic N) is 4. The molecule has 3 aromatic carbocycles. The normalized spacial score (nSPS) is 11.5. The molecular weight excluding hydrogens is 458 g/mol. The third-order valence-corrected chi connectivity index (χ3v) is 5.11. The van der Waals surface area contributed by atoms with Crippen molar-refractivity contribution < 1.29 is 9.53 Å². The summed E-state index contributed by atoms with van der Waals surface area (Å²) in [6, 6.07) is 22.6. The van der Waals surface area contributed by atoms with Crippen molar-refractivity contribution in [3.05, 3.63) is 88.4 Å². The summed E-state index contributed by atoms with van der Waals surface area (Å²) >= 11 is 3.40. The number of hydrazone groups is 1. The van der Waals surface area contributed by atoms with E-state index in [-0.39, 0.29) is 5.91 Å². The van der Waals surface area contributed by atoms with Crippen LogP contribution in [0.5, 0.6) is 5.75 Å². The maximum atomic E-state index is 12.4. The minimum atomic E-state index is -0.275. The average Bonchev–Trinajstić information content (AvgIpc) is 3.20. The number of carbonyl (C=O) groups is 1. The molecule has 0 aliphatic heterocycles. The summed E-state index contributed by atoms with van der Waals surface area (Å²) in [6.07, 6.45) is 0. The predicted octanol–water partition coefficient (Wildman–Crippen LogP) is 4.58. The number of rotatable bonds is 7. The van der Waals surface area contributed by atoms with Crippen molar-refractivity contribution in [2.24, 2.45) is 5.10 Å².